The summed E-state index contributed by atoms with van der Waals surface area (Å²) in [6.07, 6.45) is 6.41. The van der Waals surface area contributed by atoms with Crippen LogP contribution in [0.1, 0.15) is 61.5 Å². The summed E-state index contributed by atoms with van der Waals surface area (Å²) in [6, 6.07) is 8.46. The summed E-state index contributed by atoms with van der Waals surface area (Å²) in [5, 5.41) is 4.55. The highest BCUT2D eigenvalue weighted by molar-refractivity contribution is 5.94. The topological polar surface area (TPSA) is 38.1 Å². The molecule has 1 aliphatic heterocycles. The maximum atomic E-state index is 11.4. The number of hydrogen-bond acceptors (Lipinski definition) is 3. The van der Waals surface area contributed by atoms with E-state index in [0.29, 0.717) is 12.0 Å². The van der Waals surface area contributed by atoms with Crippen LogP contribution in [0.4, 0.5) is 5.69 Å². The molecule has 2 aromatic rings. The van der Waals surface area contributed by atoms with E-state index in [1.807, 2.05) is 18.3 Å². The molecule has 1 aromatic heterocycles. The van der Waals surface area contributed by atoms with E-state index in [1.54, 1.807) is 6.92 Å². The molecule has 0 N–H and O–H groups in total. The number of carbonyl (C=O) groups excluding carboxylic acids is 1. The van der Waals surface area contributed by atoms with Crippen LogP contribution in [0.2, 0.25) is 0 Å². The van der Waals surface area contributed by atoms with Crippen molar-refractivity contribution in [3.05, 3.63) is 47.8 Å². The quantitative estimate of drug-likeness (QED) is 0.800. The first-order chi connectivity index (χ1) is 11.0. The number of aromatic nitrogens is 2. The van der Waals surface area contributed by atoms with Gasteiger partial charge in [-0.3, -0.25) is 9.48 Å². The van der Waals surface area contributed by atoms with Crippen molar-refractivity contribution in [2.24, 2.45) is 0 Å². The molecule has 1 aromatic carbocycles. The van der Waals surface area contributed by atoms with E-state index in [1.165, 1.54) is 11.3 Å². The van der Waals surface area contributed by atoms with Crippen molar-refractivity contribution in [1.82, 2.24) is 9.78 Å². The monoisotopic (exact) mass is 311 g/mol. The van der Waals surface area contributed by atoms with Gasteiger partial charge < -0.3 is 4.90 Å². The summed E-state index contributed by atoms with van der Waals surface area (Å²) in [6.45, 7) is 8.07. The third-order valence-electron chi connectivity index (χ3n) is 4.77. The molecule has 23 heavy (non-hydrogen) atoms. The molecule has 0 unspecified atom stereocenters. The number of rotatable bonds is 4. The average Bonchev–Trinajstić information content (AvgIpc) is 3.05. The van der Waals surface area contributed by atoms with Gasteiger partial charge in [0.15, 0.2) is 5.78 Å². The van der Waals surface area contributed by atoms with Crippen molar-refractivity contribution in [2.75, 3.05) is 18.0 Å². The van der Waals surface area contributed by atoms with E-state index in [4.69, 9.17) is 0 Å². The highest BCUT2D eigenvalue weighted by atomic mass is 16.1. The Balaban J connectivity index is 1.62. The summed E-state index contributed by atoms with van der Waals surface area (Å²) in [7, 11) is 0. The minimum Gasteiger partial charge on any atom is -0.371 e. The van der Waals surface area contributed by atoms with Gasteiger partial charge in [-0.25, -0.2) is 0 Å². The molecule has 3 rings (SSSR count). The zero-order valence-corrected chi connectivity index (χ0v) is 14.2. The minimum absolute atomic E-state index is 0.120. The number of Topliss-reactive ketones (excluding diaryl/α,β-unsaturated/α-hetero) is 1. The standard InChI is InChI=1S/C19H25N3O/c1-14(2)17-12-20-22(13-17)19-8-10-21(11-9-19)18-6-4-16(5-7-18)15(3)23/h4-7,12-14,19H,8-11H2,1-3H3. The van der Waals surface area contributed by atoms with Gasteiger partial charge in [0.1, 0.15) is 0 Å². The zero-order chi connectivity index (χ0) is 16.4. The molecular formula is C19H25N3O. The van der Waals surface area contributed by atoms with E-state index in [-0.39, 0.29) is 5.78 Å². The van der Waals surface area contributed by atoms with Crippen molar-refractivity contribution >= 4 is 11.5 Å². The van der Waals surface area contributed by atoms with Gasteiger partial charge in [-0.05, 0) is 55.5 Å². The van der Waals surface area contributed by atoms with Crippen LogP contribution in [-0.2, 0) is 0 Å². The Morgan fingerprint density at radius 3 is 2.35 bits per heavy atom. The van der Waals surface area contributed by atoms with Crippen molar-refractivity contribution in [3.8, 4) is 0 Å². The summed E-state index contributed by atoms with van der Waals surface area (Å²) in [5.74, 6) is 0.651. The molecule has 0 spiro atoms. The lowest BCUT2D eigenvalue weighted by Gasteiger charge is -2.33. The molecule has 1 aliphatic rings. The van der Waals surface area contributed by atoms with Gasteiger partial charge in [0, 0.05) is 30.5 Å². The average molecular weight is 311 g/mol. The van der Waals surface area contributed by atoms with Gasteiger partial charge >= 0.3 is 0 Å². The second kappa shape index (κ2) is 6.57. The predicted molar refractivity (Wildman–Crippen MR) is 93.2 cm³/mol. The van der Waals surface area contributed by atoms with Gasteiger partial charge in [0.2, 0.25) is 0 Å². The number of piperidine rings is 1. The molecule has 0 atom stereocenters. The van der Waals surface area contributed by atoms with Gasteiger partial charge in [-0.1, -0.05) is 13.8 Å². The summed E-state index contributed by atoms with van der Waals surface area (Å²) < 4.78 is 2.14. The first-order valence-electron chi connectivity index (χ1n) is 8.44. The van der Waals surface area contributed by atoms with Gasteiger partial charge in [-0.15, -0.1) is 0 Å². The fraction of sp³-hybridized carbons (Fsp3) is 0.474. The van der Waals surface area contributed by atoms with Crippen LogP contribution in [0.5, 0.6) is 0 Å². The first-order valence-corrected chi connectivity index (χ1v) is 8.44. The smallest absolute Gasteiger partial charge is 0.159 e. The molecule has 2 heterocycles. The van der Waals surface area contributed by atoms with Crippen LogP contribution in [0.3, 0.4) is 0 Å². The Kier molecular flexibility index (Phi) is 4.51. The predicted octanol–water partition coefficient (Wildman–Crippen LogP) is 4.05. The number of anilines is 1. The number of nitrogens with zero attached hydrogens (tertiary/aromatic N) is 3. The highest BCUT2D eigenvalue weighted by Gasteiger charge is 2.21. The Bertz CT molecular complexity index is 664. The molecule has 0 amide bonds. The third-order valence-corrected chi connectivity index (χ3v) is 4.77. The Morgan fingerprint density at radius 1 is 1.17 bits per heavy atom. The second-order valence-electron chi connectivity index (χ2n) is 6.73. The van der Waals surface area contributed by atoms with E-state index in [2.05, 4.69) is 46.9 Å². The lowest BCUT2D eigenvalue weighted by atomic mass is 10.0. The number of ketones is 1. The molecule has 122 valence electrons. The third kappa shape index (κ3) is 3.46. The van der Waals surface area contributed by atoms with E-state index >= 15 is 0 Å². The molecule has 4 heteroatoms. The fourth-order valence-corrected chi connectivity index (χ4v) is 3.15. The molecule has 1 saturated heterocycles. The maximum absolute atomic E-state index is 11.4. The number of benzene rings is 1. The van der Waals surface area contributed by atoms with E-state index in [0.717, 1.165) is 31.5 Å². The summed E-state index contributed by atoms with van der Waals surface area (Å²) in [4.78, 5) is 13.8. The van der Waals surface area contributed by atoms with Crippen LogP contribution in [-0.4, -0.2) is 28.7 Å². The summed E-state index contributed by atoms with van der Waals surface area (Å²) in [5.41, 5.74) is 3.30. The SMILES string of the molecule is CC(=O)c1ccc(N2CCC(n3cc(C(C)C)cn3)CC2)cc1. The lowest BCUT2D eigenvalue weighted by molar-refractivity contribution is 0.101. The van der Waals surface area contributed by atoms with Crippen LogP contribution < -0.4 is 4.90 Å². The minimum atomic E-state index is 0.120. The van der Waals surface area contributed by atoms with Crippen LogP contribution >= 0.6 is 0 Å². The molecule has 0 bridgehead atoms. The zero-order valence-electron chi connectivity index (χ0n) is 14.2. The Labute approximate surface area is 138 Å². The fourth-order valence-electron chi connectivity index (χ4n) is 3.15. The molecular weight excluding hydrogens is 286 g/mol. The normalized spacial score (nSPS) is 16.1. The van der Waals surface area contributed by atoms with Crippen molar-refractivity contribution in [3.63, 3.8) is 0 Å². The molecule has 4 nitrogen and oxygen atoms in total. The Hall–Kier alpha value is -2.10. The first kappa shape index (κ1) is 15.8. The lowest BCUT2D eigenvalue weighted by Crippen LogP contribution is -2.34. The van der Waals surface area contributed by atoms with Gasteiger partial charge in [-0.2, -0.15) is 5.10 Å². The van der Waals surface area contributed by atoms with Crippen LogP contribution in [0.25, 0.3) is 0 Å². The van der Waals surface area contributed by atoms with Crippen LogP contribution in [0, 0.1) is 0 Å². The van der Waals surface area contributed by atoms with Crippen LogP contribution in [0.15, 0.2) is 36.7 Å². The molecule has 1 fully saturated rings. The molecule has 0 saturated carbocycles. The molecule has 0 aliphatic carbocycles. The van der Waals surface area contributed by atoms with Crippen molar-refractivity contribution in [1.29, 1.82) is 0 Å². The van der Waals surface area contributed by atoms with Gasteiger partial charge in [0.05, 0.1) is 12.2 Å². The maximum Gasteiger partial charge on any atom is 0.159 e. The van der Waals surface area contributed by atoms with Crippen molar-refractivity contribution < 1.29 is 4.79 Å². The highest BCUT2D eigenvalue weighted by Crippen LogP contribution is 2.27. The number of hydrogen-bond donors (Lipinski definition) is 0. The largest absolute Gasteiger partial charge is 0.371 e. The second-order valence-corrected chi connectivity index (χ2v) is 6.73. The van der Waals surface area contributed by atoms with E-state index in [9.17, 15) is 4.79 Å². The number of carbonyl (C=O) groups is 1. The summed E-state index contributed by atoms with van der Waals surface area (Å²) >= 11 is 0. The van der Waals surface area contributed by atoms with Gasteiger partial charge in [0.25, 0.3) is 0 Å². The Morgan fingerprint density at radius 2 is 1.83 bits per heavy atom. The molecule has 0 radical (unpaired) electrons. The van der Waals surface area contributed by atoms with E-state index < -0.39 is 0 Å². The van der Waals surface area contributed by atoms with Crippen molar-refractivity contribution in [2.45, 2.75) is 45.6 Å².